The van der Waals surface area contributed by atoms with E-state index < -0.39 is 0 Å². The second kappa shape index (κ2) is 5.05. The lowest BCUT2D eigenvalue weighted by Gasteiger charge is -2.33. The van der Waals surface area contributed by atoms with E-state index in [2.05, 4.69) is 83.3 Å². The normalized spacial score (nSPS) is 18.0. The summed E-state index contributed by atoms with van der Waals surface area (Å²) in [4.78, 5) is 9.72. The van der Waals surface area contributed by atoms with Gasteiger partial charge in [0.15, 0.2) is 0 Å². The van der Waals surface area contributed by atoms with Crippen LogP contribution < -0.4 is 4.74 Å². The number of benzene rings is 1. The van der Waals surface area contributed by atoms with Gasteiger partial charge in [-0.05, 0) is 37.4 Å². The second-order valence-corrected chi connectivity index (χ2v) is 10.1. The summed E-state index contributed by atoms with van der Waals surface area (Å²) >= 11 is 0. The number of imidazole rings is 1. The van der Waals surface area contributed by atoms with Crippen molar-refractivity contribution in [2.45, 2.75) is 64.9 Å². The number of nitrogens with zero attached hydrogens (tertiary/aromatic N) is 3. The Bertz CT molecular complexity index is 1270. The van der Waals surface area contributed by atoms with Crippen molar-refractivity contribution in [3.05, 3.63) is 47.9 Å². The topological polar surface area (TPSA) is 39.4 Å². The van der Waals surface area contributed by atoms with Gasteiger partial charge < -0.3 is 4.74 Å². The zero-order valence-corrected chi connectivity index (χ0v) is 17.7. The van der Waals surface area contributed by atoms with E-state index in [-0.39, 0.29) is 16.4 Å². The molecule has 0 aliphatic carbocycles. The molecule has 144 valence electrons. The van der Waals surface area contributed by atoms with Crippen molar-refractivity contribution in [1.82, 2.24) is 14.4 Å². The Kier molecular flexibility index (Phi) is 3.15. The molecule has 4 heteroatoms. The number of pyridine rings is 2. The smallest absolute Gasteiger partial charge is 0.147 e. The van der Waals surface area contributed by atoms with E-state index in [9.17, 15) is 0 Å². The molecule has 0 bridgehead atoms. The minimum atomic E-state index is -0.241. The van der Waals surface area contributed by atoms with Crippen LogP contribution in [0, 0.1) is 0 Å². The van der Waals surface area contributed by atoms with Crippen molar-refractivity contribution in [2.75, 3.05) is 0 Å². The number of ether oxygens (including phenoxy) is 1. The van der Waals surface area contributed by atoms with Crippen LogP contribution in [-0.2, 0) is 10.8 Å². The second-order valence-electron chi connectivity index (χ2n) is 10.1. The summed E-state index contributed by atoms with van der Waals surface area (Å²) in [5.74, 6) is 0.964. The van der Waals surface area contributed by atoms with E-state index in [0.29, 0.717) is 0 Å². The number of hydrogen-bond acceptors (Lipinski definition) is 3. The molecule has 1 aliphatic rings. The first-order valence-corrected chi connectivity index (χ1v) is 9.94. The zero-order chi connectivity index (χ0) is 20.1. The number of aromatic nitrogens is 3. The molecule has 0 unspecified atom stereocenters. The monoisotopic (exact) mass is 373 g/mol. The molecule has 0 radical (unpaired) electrons. The van der Waals surface area contributed by atoms with Crippen LogP contribution in [0.2, 0.25) is 0 Å². The Morgan fingerprint density at radius 2 is 1.79 bits per heavy atom. The highest BCUT2D eigenvalue weighted by Gasteiger charge is 2.48. The van der Waals surface area contributed by atoms with Crippen LogP contribution in [0.3, 0.4) is 0 Å². The lowest BCUT2D eigenvalue weighted by molar-refractivity contribution is 0.0713. The van der Waals surface area contributed by atoms with Crippen molar-refractivity contribution < 1.29 is 4.74 Å². The van der Waals surface area contributed by atoms with Crippen molar-refractivity contribution in [3.8, 4) is 5.75 Å². The average Bonchev–Trinajstić information content (AvgIpc) is 3.04. The van der Waals surface area contributed by atoms with Crippen LogP contribution in [0.5, 0.6) is 5.75 Å². The molecule has 0 spiro atoms. The molecule has 0 fully saturated rings. The lowest BCUT2D eigenvalue weighted by Crippen LogP contribution is -2.41. The van der Waals surface area contributed by atoms with Crippen LogP contribution in [0.15, 0.2) is 36.7 Å². The molecule has 4 heterocycles. The van der Waals surface area contributed by atoms with Gasteiger partial charge in [-0.1, -0.05) is 34.6 Å². The number of hydrogen-bond donors (Lipinski definition) is 0. The zero-order valence-electron chi connectivity index (χ0n) is 17.7. The van der Waals surface area contributed by atoms with Crippen molar-refractivity contribution >= 4 is 27.5 Å². The molecule has 0 atom stereocenters. The largest absolute Gasteiger partial charge is 0.487 e. The SMILES string of the molecule is CC(C)(C)c1cc2ccn3c4cc5c(cc4nc3c2cn1)C(C)(C)C(C)(C)O5. The van der Waals surface area contributed by atoms with E-state index >= 15 is 0 Å². The summed E-state index contributed by atoms with van der Waals surface area (Å²) in [6, 6.07) is 8.69. The van der Waals surface area contributed by atoms with Crippen molar-refractivity contribution in [1.29, 1.82) is 0 Å². The molecule has 3 aromatic heterocycles. The fourth-order valence-electron chi connectivity index (χ4n) is 4.12. The molecule has 28 heavy (non-hydrogen) atoms. The van der Waals surface area contributed by atoms with Crippen LogP contribution in [-0.4, -0.2) is 20.0 Å². The summed E-state index contributed by atoms with van der Waals surface area (Å²) in [5.41, 5.74) is 5.05. The fourth-order valence-corrected chi connectivity index (χ4v) is 4.12. The average molecular weight is 374 g/mol. The third kappa shape index (κ3) is 2.17. The number of fused-ring (bicyclic) bond motifs is 6. The van der Waals surface area contributed by atoms with Crippen molar-refractivity contribution in [2.24, 2.45) is 0 Å². The Hall–Kier alpha value is -2.62. The van der Waals surface area contributed by atoms with Gasteiger partial charge in [-0.25, -0.2) is 4.98 Å². The molecule has 4 nitrogen and oxygen atoms in total. The Balaban J connectivity index is 1.79. The van der Waals surface area contributed by atoms with Gasteiger partial charge in [-0.2, -0.15) is 0 Å². The van der Waals surface area contributed by atoms with E-state index in [1.54, 1.807) is 0 Å². The standard InChI is InChI=1S/C24H27N3O/c1-22(2,3)20-10-14-8-9-27-18-12-19-16(23(4,5)24(6,7)28-19)11-17(18)26-21(27)15(14)13-25-20/h8-13H,1-7H3. The van der Waals surface area contributed by atoms with E-state index in [0.717, 1.165) is 33.5 Å². The third-order valence-electron chi connectivity index (χ3n) is 6.68. The molecule has 1 aliphatic heterocycles. The number of rotatable bonds is 0. The van der Waals surface area contributed by atoms with Crippen LogP contribution in [0.25, 0.3) is 27.5 Å². The van der Waals surface area contributed by atoms with Crippen LogP contribution in [0.1, 0.15) is 59.7 Å². The molecule has 1 aromatic carbocycles. The Labute approximate surface area is 165 Å². The van der Waals surface area contributed by atoms with Crippen LogP contribution in [0.4, 0.5) is 0 Å². The quantitative estimate of drug-likeness (QED) is 0.392. The molecular formula is C24H27N3O. The van der Waals surface area contributed by atoms with Gasteiger partial charge >= 0.3 is 0 Å². The summed E-state index contributed by atoms with van der Waals surface area (Å²) in [6.45, 7) is 15.4. The Morgan fingerprint density at radius 3 is 2.50 bits per heavy atom. The maximum Gasteiger partial charge on any atom is 0.147 e. The van der Waals surface area contributed by atoms with Gasteiger partial charge in [0.2, 0.25) is 0 Å². The van der Waals surface area contributed by atoms with Gasteiger partial charge in [-0.3, -0.25) is 9.38 Å². The predicted molar refractivity (Wildman–Crippen MR) is 114 cm³/mol. The van der Waals surface area contributed by atoms with Gasteiger partial charge in [0.05, 0.1) is 11.0 Å². The highest BCUT2D eigenvalue weighted by Crippen LogP contribution is 2.50. The van der Waals surface area contributed by atoms with Gasteiger partial charge in [0, 0.05) is 45.9 Å². The van der Waals surface area contributed by atoms with Crippen LogP contribution >= 0.6 is 0 Å². The molecule has 0 saturated carbocycles. The summed E-state index contributed by atoms with van der Waals surface area (Å²) < 4.78 is 8.47. The first kappa shape index (κ1) is 17.5. The highest BCUT2D eigenvalue weighted by molar-refractivity contribution is 5.98. The molecule has 4 aromatic rings. The molecule has 0 saturated heterocycles. The molecule has 5 rings (SSSR count). The van der Waals surface area contributed by atoms with E-state index in [1.807, 2.05) is 6.20 Å². The summed E-state index contributed by atoms with van der Waals surface area (Å²) in [5, 5.41) is 2.25. The first-order chi connectivity index (χ1) is 13.0. The Morgan fingerprint density at radius 1 is 1.04 bits per heavy atom. The maximum atomic E-state index is 6.32. The maximum absolute atomic E-state index is 6.32. The van der Waals surface area contributed by atoms with Gasteiger partial charge in [0.1, 0.15) is 17.0 Å². The first-order valence-electron chi connectivity index (χ1n) is 9.94. The lowest BCUT2D eigenvalue weighted by atomic mass is 9.74. The van der Waals surface area contributed by atoms with Crippen molar-refractivity contribution in [3.63, 3.8) is 0 Å². The minimum absolute atomic E-state index is 0.0248. The van der Waals surface area contributed by atoms with E-state index in [4.69, 9.17) is 14.7 Å². The molecule has 0 amide bonds. The summed E-state index contributed by atoms with van der Waals surface area (Å²) in [6.07, 6.45) is 4.07. The van der Waals surface area contributed by atoms with Gasteiger partial charge in [-0.15, -0.1) is 0 Å². The third-order valence-corrected chi connectivity index (χ3v) is 6.68. The van der Waals surface area contributed by atoms with Gasteiger partial charge in [0.25, 0.3) is 0 Å². The minimum Gasteiger partial charge on any atom is -0.487 e. The highest BCUT2D eigenvalue weighted by atomic mass is 16.5. The summed E-state index contributed by atoms with van der Waals surface area (Å²) in [7, 11) is 0. The predicted octanol–water partition coefficient (Wildman–Crippen LogP) is 5.78. The molecule has 0 N–H and O–H groups in total. The fraction of sp³-hybridized carbons (Fsp3) is 0.417. The van der Waals surface area contributed by atoms with E-state index in [1.165, 1.54) is 10.9 Å². The molecular weight excluding hydrogens is 346 g/mol.